The maximum atomic E-state index is 11.9. The molecule has 1 aromatic carbocycles. The van der Waals surface area contributed by atoms with Gasteiger partial charge in [0, 0.05) is 5.69 Å². The molecule has 0 radical (unpaired) electrons. The van der Waals surface area contributed by atoms with Crippen molar-refractivity contribution in [1.29, 1.82) is 0 Å². The number of benzene rings is 1. The van der Waals surface area contributed by atoms with E-state index in [0.29, 0.717) is 5.69 Å². The lowest BCUT2D eigenvalue weighted by atomic mass is 10.3. The normalized spacial score (nSPS) is 13.0. The number of rotatable bonds is 5. The number of nitrogens with one attached hydrogen (secondary N) is 1. The molecule has 7 heteroatoms. The summed E-state index contributed by atoms with van der Waals surface area (Å²) in [5.74, 6) is -0.620. The Kier molecular flexibility index (Phi) is 4.69. The van der Waals surface area contributed by atoms with Crippen LogP contribution in [-0.4, -0.2) is 27.0 Å². The molecular weight excluding hydrogens is 256 g/mol. The summed E-state index contributed by atoms with van der Waals surface area (Å²) in [6.45, 7) is 3.27. The Labute approximate surface area is 106 Å². The van der Waals surface area contributed by atoms with E-state index in [1.54, 1.807) is 13.0 Å². The largest absolute Gasteiger partial charge is 0.465 e. The van der Waals surface area contributed by atoms with Gasteiger partial charge in [-0.2, -0.15) is 4.72 Å². The van der Waals surface area contributed by atoms with Gasteiger partial charge in [-0.1, -0.05) is 6.07 Å². The average molecular weight is 272 g/mol. The van der Waals surface area contributed by atoms with Gasteiger partial charge in [0.25, 0.3) is 0 Å². The lowest BCUT2D eigenvalue weighted by Gasteiger charge is -2.13. The van der Waals surface area contributed by atoms with E-state index in [4.69, 9.17) is 10.5 Å². The summed E-state index contributed by atoms with van der Waals surface area (Å²) in [6.07, 6.45) is 0. The maximum Gasteiger partial charge on any atom is 0.323 e. The van der Waals surface area contributed by atoms with Crippen LogP contribution in [0.5, 0.6) is 0 Å². The molecular formula is C11H16N2O4S. The first-order chi connectivity index (χ1) is 8.36. The van der Waals surface area contributed by atoms with Crippen LogP contribution in [0.1, 0.15) is 13.8 Å². The van der Waals surface area contributed by atoms with Crippen molar-refractivity contribution in [2.75, 3.05) is 12.3 Å². The number of ether oxygens (including phenoxy) is 1. The van der Waals surface area contributed by atoms with Crippen molar-refractivity contribution in [3.63, 3.8) is 0 Å². The lowest BCUT2D eigenvalue weighted by molar-refractivity contribution is -0.144. The summed E-state index contributed by atoms with van der Waals surface area (Å²) in [7, 11) is -3.78. The second kappa shape index (κ2) is 5.83. The minimum Gasteiger partial charge on any atom is -0.465 e. The number of carbonyl (C=O) groups excluding carboxylic acids is 1. The molecule has 1 rings (SSSR count). The number of esters is 1. The molecule has 0 amide bonds. The Hall–Kier alpha value is -1.60. The van der Waals surface area contributed by atoms with Crippen LogP contribution in [0.15, 0.2) is 29.2 Å². The fourth-order valence-corrected chi connectivity index (χ4v) is 2.54. The SMILES string of the molecule is CCOC(=O)C(C)NS(=O)(=O)c1cccc(N)c1. The zero-order chi connectivity index (χ0) is 13.8. The molecule has 3 N–H and O–H groups in total. The molecule has 1 aromatic rings. The predicted octanol–water partition coefficient (Wildman–Crippen LogP) is 0.499. The van der Waals surface area contributed by atoms with Crippen LogP contribution >= 0.6 is 0 Å². The van der Waals surface area contributed by atoms with Gasteiger partial charge < -0.3 is 10.5 Å². The number of anilines is 1. The lowest BCUT2D eigenvalue weighted by Crippen LogP contribution is -2.39. The molecule has 0 aliphatic carbocycles. The molecule has 0 heterocycles. The maximum absolute atomic E-state index is 11.9. The summed E-state index contributed by atoms with van der Waals surface area (Å²) in [4.78, 5) is 11.4. The smallest absolute Gasteiger partial charge is 0.323 e. The fourth-order valence-electron chi connectivity index (χ4n) is 1.30. The van der Waals surface area contributed by atoms with Gasteiger partial charge in [0.05, 0.1) is 11.5 Å². The number of hydrogen-bond acceptors (Lipinski definition) is 5. The first-order valence-electron chi connectivity index (χ1n) is 5.41. The van der Waals surface area contributed by atoms with Crippen LogP contribution in [0.4, 0.5) is 5.69 Å². The zero-order valence-corrected chi connectivity index (χ0v) is 11.0. The van der Waals surface area contributed by atoms with E-state index < -0.39 is 22.0 Å². The van der Waals surface area contributed by atoms with E-state index in [9.17, 15) is 13.2 Å². The third-order valence-electron chi connectivity index (χ3n) is 2.14. The Morgan fingerprint density at radius 3 is 2.72 bits per heavy atom. The summed E-state index contributed by atoms with van der Waals surface area (Å²) in [5.41, 5.74) is 5.84. The number of nitrogens with two attached hydrogens (primary N) is 1. The van der Waals surface area contributed by atoms with Gasteiger partial charge in [-0.05, 0) is 32.0 Å². The molecule has 0 aliphatic heterocycles. The molecule has 1 unspecified atom stereocenters. The fraction of sp³-hybridized carbons (Fsp3) is 0.364. The van der Waals surface area contributed by atoms with Crippen LogP contribution < -0.4 is 10.5 Å². The van der Waals surface area contributed by atoms with Crippen molar-refractivity contribution in [2.24, 2.45) is 0 Å². The van der Waals surface area contributed by atoms with E-state index in [0.717, 1.165) is 0 Å². The zero-order valence-electron chi connectivity index (χ0n) is 10.2. The molecule has 18 heavy (non-hydrogen) atoms. The molecule has 0 saturated carbocycles. The number of sulfonamides is 1. The van der Waals surface area contributed by atoms with Crippen LogP contribution in [0.25, 0.3) is 0 Å². The highest BCUT2D eigenvalue weighted by Crippen LogP contribution is 2.13. The third-order valence-corrected chi connectivity index (χ3v) is 3.68. The average Bonchev–Trinajstić information content (AvgIpc) is 2.28. The summed E-state index contributed by atoms with van der Waals surface area (Å²) in [5, 5.41) is 0. The highest BCUT2D eigenvalue weighted by Gasteiger charge is 2.22. The highest BCUT2D eigenvalue weighted by molar-refractivity contribution is 7.89. The quantitative estimate of drug-likeness (QED) is 0.600. The minimum absolute atomic E-state index is 0.0126. The van der Waals surface area contributed by atoms with E-state index in [1.807, 2.05) is 0 Å². The Morgan fingerprint density at radius 1 is 1.50 bits per heavy atom. The highest BCUT2D eigenvalue weighted by atomic mass is 32.2. The summed E-state index contributed by atoms with van der Waals surface area (Å²) < 4.78 is 30.8. The molecule has 0 bridgehead atoms. The van der Waals surface area contributed by atoms with Crippen molar-refractivity contribution in [3.05, 3.63) is 24.3 Å². The van der Waals surface area contributed by atoms with E-state index >= 15 is 0 Å². The van der Waals surface area contributed by atoms with Gasteiger partial charge in [-0.3, -0.25) is 4.79 Å². The van der Waals surface area contributed by atoms with Gasteiger partial charge in [0.15, 0.2) is 0 Å². The third kappa shape index (κ3) is 3.71. The second-order valence-electron chi connectivity index (χ2n) is 3.67. The van der Waals surface area contributed by atoms with Crippen molar-refractivity contribution in [1.82, 2.24) is 4.72 Å². The molecule has 6 nitrogen and oxygen atoms in total. The molecule has 0 saturated heterocycles. The molecule has 0 spiro atoms. The van der Waals surface area contributed by atoms with Gasteiger partial charge >= 0.3 is 5.97 Å². The molecule has 0 aromatic heterocycles. The van der Waals surface area contributed by atoms with Crippen molar-refractivity contribution < 1.29 is 17.9 Å². The number of carbonyl (C=O) groups is 1. The van der Waals surface area contributed by atoms with Gasteiger partial charge in [0.1, 0.15) is 6.04 Å². The topological polar surface area (TPSA) is 98.5 Å². The van der Waals surface area contributed by atoms with Crippen molar-refractivity contribution >= 4 is 21.7 Å². The second-order valence-corrected chi connectivity index (χ2v) is 5.38. The molecule has 0 aliphatic rings. The number of nitrogen functional groups attached to an aromatic ring is 1. The van der Waals surface area contributed by atoms with Gasteiger partial charge in [-0.25, -0.2) is 8.42 Å². The number of hydrogen-bond donors (Lipinski definition) is 2. The Bertz CT molecular complexity index is 528. The van der Waals surface area contributed by atoms with Crippen LogP contribution in [0.3, 0.4) is 0 Å². The van der Waals surface area contributed by atoms with E-state index in [-0.39, 0.29) is 11.5 Å². The van der Waals surface area contributed by atoms with Crippen molar-refractivity contribution in [2.45, 2.75) is 24.8 Å². The summed E-state index contributed by atoms with van der Waals surface area (Å²) >= 11 is 0. The van der Waals surface area contributed by atoms with Gasteiger partial charge in [0.2, 0.25) is 10.0 Å². The monoisotopic (exact) mass is 272 g/mol. The van der Waals surface area contributed by atoms with Crippen molar-refractivity contribution in [3.8, 4) is 0 Å². The minimum atomic E-state index is -3.78. The van der Waals surface area contributed by atoms with Crippen LogP contribution in [0.2, 0.25) is 0 Å². The Balaban J connectivity index is 2.86. The van der Waals surface area contributed by atoms with E-state index in [2.05, 4.69) is 4.72 Å². The predicted molar refractivity (Wildman–Crippen MR) is 67.3 cm³/mol. The van der Waals surface area contributed by atoms with Gasteiger partial charge in [-0.15, -0.1) is 0 Å². The molecule has 100 valence electrons. The van der Waals surface area contributed by atoms with E-state index in [1.165, 1.54) is 25.1 Å². The Morgan fingerprint density at radius 2 is 2.17 bits per heavy atom. The standard InChI is InChI=1S/C11H16N2O4S/c1-3-17-11(14)8(2)13-18(15,16)10-6-4-5-9(12)7-10/h4-8,13H,3,12H2,1-2H3. The first-order valence-corrected chi connectivity index (χ1v) is 6.89. The summed E-state index contributed by atoms with van der Waals surface area (Å²) in [6, 6.07) is 4.88. The van der Waals surface area contributed by atoms with Crippen LogP contribution in [-0.2, 0) is 19.6 Å². The van der Waals surface area contributed by atoms with Crippen LogP contribution in [0, 0.1) is 0 Å². The first kappa shape index (κ1) is 14.5. The molecule has 1 atom stereocenters. The molecule has 0 fully saturated rings.